The lowest BCUT2D eigenvalue weighted by Crippen LogP contribution is -2.46. The Kier molecular flexibility index (Phi) is 5.02. The smallest absolute Gasteiger partial charge is 0.0678 e. The molecular weight excluding hydrogens is 222 g/mol. The van der Waals surface area contributed by atoms with Crippen molar-refractivity contribution in [3.8, 4) is 0 Å². The monoisotopic (exact) mass is 249 g/mol. The molecule has 2 aliphatic rings. The lowest BCUT2D eigenvalue weighted by Gasteiger charge is -2.37. The molecule has 2 nitrogen and oxygen atoms in total. The summed E-state index contributed by atoms with van der Waals surface area (Å²) in [6.07, 6.45) is 12.3. The molecule has 0 saturated carbocycles. The van der Waals surface area contributed by atoms with E-state index in [1.54, 1.807) is 0 Å². The molecule has 1 aliphatic heterocycles. The van der Waals surface area contributed by atoms with Crippen LogP contribution in [0.4, 0.5) is 0 Å². The number of hydrogen-bond donors (Lipinski definition) is 0. The Bertz CT molecular complexity index is 300. The normalized spacial score (nSPS) is 34.7. The van der Waals surface area contributed by atoms with E-state index in [2.05, 4.69) is 50.0 Å². The molecule has 1 fully saturated rings. The minimum atomic E-state index is 0.387. The van der Waals surface area contributed by atoms with Crippen LogP contribution in [0.3, 0.4) is 0 Å². The predicted octanol–water partition coefficient (Wildman–Crippen LogP) is 3.25. The molecule has 0 aromatic rings. The summed E-state index contributed by atoms with van der Waals surface area (Å²) in [6.45, 7) is 10.2. The van der Waals surface area contributed by atoms with Gasteiger partial charge < -0.3 is 4.74 Å². The summed E-state index contributed by atoms with van der Waals surface area (Å²) in [5, 5.41) is 0. The second kappa shape index (κ2) is 6.53. The van der Waals surface area contributed by atoms with Gasteiger partial charge in [0.2, 0.25) is 0 Å². The average Bonchev–Trinajstić information content (AvgIpc) is 2.28. The van der Waals surface area contributed by atoms with Gasteiger partial charge in [-0.15, -0.1) is 0 Å². The largest absolute Gasteiger partial charge is 0.373 e. The van der Waals surface area contributed by atoms with Crippen molar-refractivity contribution in [3.63, 3.8) is 0 Å². The summed E-state index contributed by atoms with van der Waals surface area (Å²) in [5.74, 6) is 1.52. The second-order valence-electron chi connectivity index (χ2n) is 6.13. The van der Waals surface area contributed by atoms with E-state index in [1.165, 1.54) is 19.4 Å². The van der Waals surface area contributed by atoms with Crippen LogP contribution >= 0.6 is 0 Å². The third kappa shape index (κ3) is 4.25. The maximum absolute atomic E-state index is 5.79. The maximum atomic E-state index is 5.79. The number of ether oxygens (including phenoxy) is 1. The predicted molar refractivity (Wildman–Crippen MR) is 76.6 cm³/mol. The van der Waals surface area contributed by atoms with Crippen LogP contribution in [-0.2, 0) is 4.74 Å². The fourth-order valence-corrected chi connectivity index (χ4v) is 3.27. The minimum absolute atomic E-state index is 0.387. The summed E-state index contributed by atoms with van der Waals surface area (Å²) >= 11 is 0. The van der Waals surface area contributed by atoms with Crippen molar-refractivity contribution in [1.82, 2.24) is 4.90 Å². The third-order valence-electron chi connectivity index (χ3n) is 3.84. The van der Waals surface area contributed by atoms with Crippen molar-refractivity contribution in [2.75, 3.05) is 19.6 Å². The van der Waals surface area contributed by atoms with Gasteiger partial charge in [0.1, 0.15) is 0 Å². The zero-order valence-corrected chi connectivity index (χ0v) is 12.0. The van der Waals surface area contributed by atoms with E-state index in [0.717, 1.165) is 24.9 Å². The van der Waals surface area contributed by atoms with Crippen LogP contribution in [-0.4, -0.2) is 36.7 Å². The van der Waals surface area contributed by atoms with Crippen LogP contribution in [0.2, 0.25) is 0 Å². The molecule has 1 aliphatic carbocycles. The highest BCUT2D eigenvalue weighted by atomic mass is 16.5. The van der Waals surface area contributed by atoms with Crippen molar-refractivity contribution < 1.29 is 4.74 Å². The first-order chi connectivity index (χ1) is 8.63. The van der Waals surface area contributed by atoms with Gasteiger partial charge in [-0.25, -0.2) is 0 Å². The van der Waals surface area contributed by atoms with Crippen molar-refractivity contribution >= 4 is 0 Å². The molecule has 0 bridgehead atoms. The van der Waals surface area contributed by atoms with E-state index in [-0.39, 0.29) is 0 Å². The molecule has 18 heavy (non-hydrogen) atoms. The van der Waals surface area contributed by atoms with Crippen LogP contribution in [0.25, 0.3) is 0 Å². The summed E-state index contributed by atoms with van der Waals surface area (Å²) in [4.78, 5) is 2.58. The van der Waals surface area contributed by atoms with Crippen molar-refractivity contribution in [2.45, 2.75) is 45.8 Å². The van der Waals surface area contributed by atoms with Gasteiger partial charge in [0, 0.05) is 19.6 Å². The topological polar surface area (TPSA) is 12.5 Å². The summed E-state index contributed by atoms with van der Waals surface area (Å²) in [7, 11) is 0. The zero-order chi connectivity index (χ0) is 13.0. The molecule has 0 aromatic heterocycles. The summed E-state index contributed by atoms with van der Waals surface area (Å²) < 4.78 is 5.79. The van der Waals surface area contributed by atoms with Crippen LogP contribution in [0, 0.1) is 11.8 Å². The van der Waals surface area contributed by atoms with Gasteiger partial charge in [-0.05, 0) is 38.5 Å². The van der Waals surface area contributed by atoms with E-state index in [0.29, 0.717) is 12.2 Å². The van der Waals surface area contributed by atoms with Crippen molar-refractivity contribution in [2.24, 2.45) is 11.8 Å². The highest BCUT2D eigenvalue weighted by molar-refractivity contribution is 5.10. The first-order valence-corrected chi connectivity index (χ1v) is 7.34. The third-order valence-corrected chi connectivity index (χ3v) is 3.84. The number of rotatable bonds is 4. The fourth-order valence-electron chi connectivity index (χ4n) is 3.27. The number of nitrogens with zero attached hydrogens (tertiary/aromatic N) is 1. The number of morpholine rings is 1. The molecule has 4 atom stereocenters. The zero-order valence-electron chi connectivity index (χ0n) is 12.0. The Morgan fingerprint density at radius 2 is 1.94 bits per heavy atom. The maximum Gasteiger partial charge on any atom is 0.0678 e. The van der Waals surface area contributed by atoms with E-state index in [9.17, 15) is 0 Å². The molecule has 1 heterocycles. The van der Waals surface area contributed by atoms with Crippen LogP contribution in [0.1, 0.15) is 33.6 Å². The van der Waals surface area contributed by atoms with E-state index < -0.39 is 0 Å². The molecule has 0 radical (unpaired) electrons. The molecule has 0 N–H and O–H groups in total. The summed E-state index contributed by atoms with van der Waals surface area (Å²) in [6, 6.07) is 0. The van der Waals surface area contributed by atoms with Crippen LogP contribution in [0.15, 0.2) is 24.3 Å². The Morgan fingerprint density at radius 1 is 1.22 bits per heavy atom. The lowest BCUT2D eigenvalue weighted by molar-refractivity contribution is -0.0713. The first-order valence-electron chi connectivity index (χ1n) is 7.34. The number of allylic oxidation sites excluding steroid dienone is 4. The minimum Gasteiger partial charge on any atom is -0.373 e. The van der Waals surface area contributed by atoms with E-state index in [4.69, 9.17) is 4.74 Å². The molecule has 2 unspecified atom stereocenters. The van der Waals surface area contributed by atoms with Crippen LogP contribution in [0.5, 0.6) is 0 Å². The van der Waals surface area contributed by atoms with E-state index >= 15 is 0 Å². The molecule has 102 valence electrons. The van der Waals surface area contributed by atoms with E-state index in [1.807, 2.05) is 0 Å². The molecule has 0 amide bonds. The molecule has 2 rings (SSSR count). The fraction of sp³-hybridized carbons (Fsp3) is 0.750. The highest BCUT2D eigenvalue weighted by Gasteiger charge is 2.23. The first kappa shape index (κ1) is 13.8. The van der Waals surface area contributed by atoms with Crippen molar-refractivity contribution in [3.05, 3.63) is 24.3 Å². The Balaban J connectivity index is 1.74. The standard InChI is InChI=1S/C16H27NO/c1-13(9-16-7-5-4-6-8-16)10-17-11-14(2)18-15(3)12-17/h4-7,13-16H,8-12H2,1-3H3/t13?,14-,15+,16?. The quantitative estimate of drug-likeness (QED) is 0.758. The van der Waals surface area contributed by atoms with Gasteiger partial charge in [0.05, 0.1) is 12.2 Å². The average molecular weight is 249 g/mol. The second-order valence-corrected chi connectivity index (χ2v) is 6.13. The molecule has 0 aromatic carbocycles. The van der Waals surface area contributed by atoms with Gasteiger partial charge in [0.15, 0.2) is 0 Å². The highest BCUT2D eigenvalue weighted by Crippen LogP contribution is 2.22. The summed E-state index contributed by atoms with van der Waals surface area (Å²) in [5.41, 5.74) is 0. The van der Waals surface area contributed by atoms with Crippen LogP contribution < -0.4 is 0 Å². The number of hydrogen-bond acceptors (Lipinski definition) is 2. The Hall–Kier alpha value is -0.600. The molecular formula is C16H27NO. The van der Waals surface area contributed by atoms with Gasteiger partial charge in [-0.1, -0.05) is 31.2 Å². The molecule has 1 saturated heterocycles. The van der Waals surface area contributed by atoms with Gasteiger partial charge in [-0.3, -0.25) is 4.90 Å². The van der Waals surface area contributed by atoms with Gasteiger partial charge >= 0.3 is 0 Å². The molecule has 2 heteroatoms. The SMILES string of the molecule is CC(CC1C=CC=CC1)CN1C[C@@H](C)O[C@@H](C)C1. The lowest BCUT2D eigenvalue weighted by atomic mass is 9.90. The molecule has 0 spiro atoms. The van der Waals surface area contributed by atoms with Crippen molar-refractivity contribution in [1.29, 1.82) is 0 Å². The Labute approximate surface area is 112 Å². The Morgan fingerprint density at radius 3 is 2.56 bits per heavy atom. The van der Waals surface area contributed by atoms with Gasteiger partial charge in [0.25, 0.3) is 0 Å². The van der Waals surface area contributed by atoms with Gasteiger partial charge in [-0.2, -0.15) is 0 Å².